The molecule has 0 aliphatic carbocycles. The molecule has 3 heterocycles. The first kappa shape index (κ1) is 20.2. The highest BCUT2D eigenvalue weighted by Gasteiger charge is 2.65. The van der Waals surface area contributed by atoms with E-state index in [-0.39, 0.29) is 12.3 Å². The number of fused-ring (bicyclic) bond motifs is 1. The zero-order valence-electron chi connectivity index (χ0n) is 16.6. The lowest BCUT2D eigenvalue weighted by molar-refractivity contribution is -0.384. The minimum Gasteiger partial charge on any atom is -0.372 e. The third kappa shape index (κ3) is 3.75. The summed E-state index contributed by atoms with van der Waals surface area (Å²) in [7, 11) is 0. The fourth-order valence-corrected chi connectivity index (χ4v) is 3.75. The van der Waals surface area contributed by atoms with E-state index in [0.717, 1.165) is 0 Å². The fraction of sp³-hybridized carbons (Fsp3) is 0.600. The molecule has 3 fully saturated rings. The molecular formula is C20H23NO8. The van der Waals surface area contributed by atoms with Crippen LogP contribution in [0, 0.1) is 22.0 Å². The number of nitrogens with zero attached hydrogens (tertiary/aromatic N) is 1. The summed E-state index contributed by atoms with van der Waals surface area (Å²) in [6.45, 7) is 7.24. The highest BCUT2D eigenvalue weighted by molar-refractivity contribution is 5.43. The maximum absolute atomic E-state index is 11.5. The van der Waals surface area contributed by atoms with Crippen molar-refractivity contribution in [1.29, 1.82) is 0 Å². The number of nitro benzene ring substituents is 1. The van der Waals surface area contributed by atoms with E-state index in [2.05, 4.69) is 11.8 Å². The summed E-state index contributed by atoms with van der Waals surface area (Å²) in [4.78, 5) is 10.3. The van der Waals surface area contributed by atoms with Gasteiger partial charge >= 0.3 is 0 Å². The lowest BCUT2D eigenvalue weighted by Crippen LogP contribution is -2.53. The topological polar surface area (TPSA) is 110 Å². The van der Waals surface area contributed by atoms with E-state index in [4.69, 9.17) is 23.7 Å². The molecule has 9 nitrogen and oxygen atoms in total. The first-order valence-electron chi connectivity index (χ1n) is 9.32. The molecule has 29 heavy (non-hydrogen) atoms. The van der Waals surface area contributed by atoms with Crippen molar-refractivity contribution in [2.75, 3.05) is 6.61 Å². The van der Waals surface area contributed by atoms with Crippen molar-refractivity contribution >= 4 is 5.69 Å². The summed E-state index contributed by atoms with van der Waals surface area (Å²) in [5.41, 5.74) is -1.26. The van der Waals surface area contributed by atoms with Gasteiger partial charge in [0.05, 0.1) is 11.5 Å². The van der Waals surface area contributed by atoms with E-state index >= 15 is 0 Å². The van der Waals surface area contributed by atoms with Crippen molar-refractivity contribution in [3.8, 4) is 11.8 Å². The number of non-ortho nitro benzene ring substituents is 1. The van der Waals surface area contributed by atoms with Crippen molar-refractivity contribution in [3.63, 3.8) is 0 Å². The van der Waals surface area contributed by atoms with Crippen LogP contribution in [0.5, 0.6) is 0 Å². The van der Waals surface area contributed by atoms with Gasteiger partial charge in [-0.15, -0.1) is 0 Å². The molecule has 156 valence electrons. The Morgan fingerprint density at radius 3 is 2.34 bits per heavy atom. The van der Waals surface area contributed by atoms with Crippen molar-refractivity contribution in [2.24, 2.45) is 0 Å². The molecule has 1 aromatic carbocycles. The number of aliphatic hydroxyl groups is 1. The van der Waals surface area contributed by atoms with Crippen LogP contribution in [0.3, 0.4) is 0 Å². The van der Waals surface area contributed by atoms with Crippen LogP contribution >= 0.6 is 0 Å². The maximum atomic E-state index is 11.5. The van der Waals surface area contributed by atoms with Crippen LogP contribution < -0.4 is 0 Å². The van der Waals surface area contributed by atoms with Crippen LogP contribution in [0.25, 0.3) is 0 Å². The van der Waals surface area contributed by atoms with Gasteiger partial charge < -0.3 is 28.8 Å². The number of hydrogen-bond donors (Lipinski definition) is 1. The standard InChI is InChI=1S/C20H23NO8/c1-18(2)25-11-14(27-18)15-20(22,16-17(26-15)29-19(3,4)28-16)10-9-12-5-7-13(8-6-12)21(23)24/h5-8,14-17,22H,11H2,1-4H3/t14-,15-,16+,17-,20-/m1/s1. The van der Waals surface area contributed by atoms with Crippen LogP contribution in [-0.2, 0) is 23.7 Å². The second-order valence-electron chi connectivity index (χ2n) is 8.23. The molecule has 0 amide bonds. The lowest BCUT2D eigenvalue weighted by Gasteiger charge is -2.32. The molecule has 0 bridgehead atoms. The van der Waals surface area contributed by atoms with Crippen molar-refractivity contribution in [2.45, 2.75) is 69.5 Å². The summed E-state index contributed by atoms with van der Waals surface area (Å²) in [5, 5.41) is 22.4. The van der Waals surface area contributed by atoms with Gasteiger partial charge in [0, 0.05) is 17.7 Å². The molecule has 3 aliphatic rings. The van der Waals surface area contributed by atoms with Gasteiger partial charge in [-0.25, -0.2) is 0 Å². The van der Waals surface area contributed by atoms with Gasteiger partial charge in [0.2, 0.25) is 0 Å². The van der Waals surface area contributed by atoms with Crippen molar-refractivity contribution in [3.05, 3.63) is 39.9 Å². The van der Waals surface area contributed by atoms with Crippen LogP contribution in [-0.4, -0.2) is 58.4 Å². The molecule has 1 aromatic rings. The zero-order chi connectivity index (χ0) is 21.0. The Hall–Kier alpha value is -2.06. The fourth-order valence-electron chi connectivity index (χ4n) is 3.75. The minimum absolute atomic E-state index is 0.0376. The van der Waals surface area contributed by atoms with Crippen molar-refractivity contribution < 1.29 is 33.7 Å². The number of ether oxygens (including phenoxy) is 5. The molecule has 4 rings (SSSR count). The van der Waals surface area contributed by atoms with Crippen molar-refractivity contribution in [1.82, 2.24) is 0 Å². The molecule has 0 saturated carbocycles. The second kappa shape index (κ2) is 6.74. The minimum atomic E-state index is -1.73. The van der Waals surface area contributed by atoms with Gasteiger partial charge in [0.25, 0.3) is 5.69 Å². The monoisotopic (exact) mass is 405 g/mol. The van der Waals surface area contributed by atoms with E-state index in [1.165, 1.54) is 24.3 Å². The average Bonchev–Trinajstić information content (AvgIpc) is 3.23. The Labute approximate surface area is 168 Å². The smallest absolute Gasteiger partial charge is 0.269 e. The van der Waals surface area contributed by atoms with Crippen LogP contribution in [0.15, 0.2) is 24.3 Å². The Bertz CT molecular complexity index is 871. The van der Waals surface area contributed by atoms with E-state index in [0.29, 0.717) is 5.56 Å². The summed E-state index contributed by atoms with van der Waals surface area (Å²) in [6.07, 6.45) is -3.08. The normalized spacial score (nSPS) is 37.0. The van der Waals surface area contributed by atoms with E-state index in [1.807, 2.05) is 0 Å². The summed E-state index contributed by atoms with van der Waals surface area (Å²) in [6, 6.07) is 5.75. The SMILES string of the molecule is CC1(C)OC[C@H]([C@H]2O[C@@H]3OC(C)(C)O[C@@H]3[C@@]2(O)C#Cc2ccc([N+](=O)[O-])cc2)O1. The molecule has 1 N–H and O–H groups in total. The molecule has 3 saturated heterocycles. The van der Waals surface area contributed by atoms with Gasteiger partial charge in [-0.2, -0.15) is 0 Å². The Balaban J connectivity index is 1.65. The van der Waals surface area contributed by atoms with Crippen LogP contribution in [0.1, 0.15) is 33.3 Å². The highest BCUT2D eigenvalue weighted by Crippen LogP contribution is 2.45. The highest BCUT2D eigenvalue weighted by atomic mass is 16.8. The first-order chi connectivity index (χ1) is 13.5. The molecule has 0 aromatic heterocycles. The third-order valence-electron chi connectivity index (χ3n) is 5.06. The molecule has 0 spiro atoms. The first-order valence-corrected chi connectivity index (χ1v) is 9.32. The molecule has 0 radical (unpaired) electrons. The van der Waals surface area contributed by atoms with Gasteiger partial charge in [0.1, 0.15) is 12.2 Å². The molecule has 3 aliphatic heterocycles. The number of rotatable bonds is 2. The molecule has 0 unspecified atom stereocenters. The van der Waals surface area contributed by atoms with Gasteiger partial charge in [-0.1, -0.05) is 11.8 Å². The predicted molar refractivity (Wildman–Crippen MR) is 98.5 cm³/mol. The summed E-state index contributed by atoms with van der Waals surface area (Å²) in [5.74, 6) is 3.99. The molecule has 5 atom stereocenters. The lowest BCUT2D eigenvalue weighted by atomic mass is 9.89. The Morgan fingerprint density at radius 2 is 1.76 bits per heavy atom. The van der Waals surface area contributed by atoms with Gasteiger partial charge in [-0.05, 0) is 39.8 Å². The molecular weight excluding hydrogens is 382 g/mol. The largest absolute Gasteiger partial charge is 0.372 e. The zero-order valence-corrected chi connectivity index (χ0v) is 16.6. The van der Waals surface area contributed by atoms with E-state index in [9.17, 15) is 15.2 Å². The average molecular weight is 405 g/mol. The predicted octanol–water partition coefficient (Wildman–Crippen LogP) is 1.71. The van der Waals surface area contributed by atoms with Gasteiger partial charge in [-0.3, -0.25) is 10.1 Å². The summed E-state index contributed by atoms with van der Waals surface area (Å²) >= 11 is 0. The van der Waals surface area contributed by atoms with Gasteiger partial charge in [0.15, 0.2) is 29.6 Å². The maximum Gasteiger partial charge on any atom is 0.269 e. The third-order valence-corrected chi connectivity index (χ3v) is 5.06. The quantitative estimate of drug-likeness (QED) is 0.450. The second-order valence-corrected chi connectivity index (χ2v) is 8.23. The molecule has 9 heteroatoms. The van der Waals surface area contributed by atoms with Crippen LogP contribution in [0.4, 0.5) is 5.69 Å². The number of benzene rings is 1. The van der Waals surface area contributed by atoms with Crippen LogP contribution in [0.2, 0.25) is 0 Å². The van der Waals surface area contributed by atoms with E-state index < -0.39 is 46.7 Å². The van der Waals surface area contributed by atoms with E-state index in [1.54, 1.807) is 27.7 Å². The number of hydrogen-bond acceptors (Lipinski definition) is 8. The Morgan fingerprint density at radius 1 is 1.07 bits per heavy atom. The summed E-state index contributed by atoms with van der Waals surface area (Å²) < 4.78 is 29.1. The Kier molecular flexibility index (Phi) is 4.70. The number of nitro groups is 1.